The second-order valence-corrected chi connectivity index (χ2v) is 4.21. The first-order chi connectivity index (χ1) is 6.93. The zero-order chi connectivity index (χ0) is 11.6. The highest BCUT2D eigenvalue weighted by atomic mass is 35.5. The highest BCUT2D eigenvalue weighted by Gasteiger charge is 2.11. The average Bonchev–Trinajstić information content (AvgIpc) is 2.15. The number of nitrogens with zero attached hydrogens (tertiary/aromatic N) is 1. The summed E-state index contributed by atoms with van der Waals surface area (Å²) in [6.45, 7) is 0. The molecule has 0 amide bonds. The maximum Gasteiger partial charge on any atom is 0.337 e. The first-order valence-corrected chi connectivity index (χ1v) is 5.35. The third-order valence-electron chi connectivity index (χ3n) is 1.80. The van der Waals surface area contributed by atoms with Crippen molar-refractivity contribution in [3.8, 4) is 0 Å². The minimum Gasteiger partial charge on any atom is -0.478 e. The van der Waals surface area contributed by atoms with Crippen LogP contribution in [-0.2, 0) is 10.9 Å². The molecule has 1 rings (SSSR count). The van der Waals surface area contributed by atoms with E-state index in [0.29, 0.717) is 5.69 Å². The summed E-state index contributed by atoms with van der Waals surface area (Å²) < 4.78 is 22.2. The summed E-state index contributed by atoms with van der Waals surface area (Å²) in [5.74, 6) is -1.15. The van der Waals surface area contributed by atoms with Crippen molar-refractivity contribution in [3.63, 3.8) is 0 Å². The Morgan fingerprint density at radius 1 is 1.47 bits per heavy atom. The molecule has 0 aliphatic heterocycles. The van der Waals surface area contributed by atoms with E-state index in [1.54, 1.807) is 0 Å². The van der Waals surface area contributed by atoms with Gasteiger partial charge >= 0.3 is 5.97 Å². The summed E-state index contributed by atoms with van der Waals surface area (Å²) in [6, 6.07) is 3.92. The second kappa shape index (κ2) is 4.50. The van der Waals surface area contributed by atoms with Gasteiger partial charge in [0.05, 0.1) is 16.3 Å². The highest BCUT2D eigenvalue weighted by molar-refractivity contribution is 7.74. The maximum absolute atomic E-state index is 10.6. The van der Waals surface area contributed by atoms with Crippen molar-refractivity contribution in [1.29, 1.82) is 0 Å². The van der Waals surface area contributed by atoms with Gasteiger partial charge in [0.2, 0.25) is 10.9 Å². The maximum atomic E-state index is 10.6. The number of hydrogen-bond donors (Lipinski definition) is 2. The van der Waals surface area contributed by atoms with Crippen LogP contribution >= 0.6 is 11.6 Å². The monoisotopic (exact) mass is 249 g/mol. The number of rotatable bonds is 3. The Hall–Kier alpha value is -1.27. The normalized spacial score (nSPS) is 10.3. The fourth-order valence-electron chi connectivity index (χ4n) is 0.973. The van der Waals surface area contributed by atoms with Crippen LogP contribution in [0.2, 0.25) is 5.02 Å². The zero-order valence-electron chi connectivity index (χ0n) is 7.68. The number of carbonyl (C=O) groups is 1. The molecule has 0 heterocycles. The van der Waals surface area contributed by atoms with E-state index < -0.39 is 16.9 Å². The number of hydrogen-bond acceptors (Lipinski definition) is 3. The van der Waals surface area contributed by atoms with Gasteiger partial charge in [0.15, 0.2) is 0 Å². The van der Waals surface area contributed by atoms with Gasteiger partial charge < -0.3 is 5.11 Å². The van der Waals surface area contributed by atoms with Gasteiger partial charge in [0.1, 0.15) is 0 Å². The summed E-state index contributed by atoms with van der Waals surface area (Å²) in [5.41, 5.74) is 0.260. The van der Waals surface area contributed by atoms with Crippen molar-refractivity contribution < 1.29 is 18.3 Å². The van der Waals surface area contributed by atoms with Gasteiger partial charge in [-0.1, -0.05) is 11.6 Å². The Bertz CT molecular complexity index is 464. The molecule has 0 saturated carbocycles. The molecular weight excluding hydrogens is 242 g/mol. The molecule has 1 N–H and O–H groups in total. The molecule has 0 bridgehead atoms. The van der Waals surface area contributed by atoms with E-state index in [9.17, 15) is 13.2 Å². The van der Waals surface area contributed by atoms with Crippen molar-refractivity contribution in [2.24, 2.45) is 0 Å². The van der Waals surface area contributed by atoms with Crippen molar-refractivity contribution >= 4 is 34.1 Å². The van der Waals surface area contributed by atoms with Crippen LogP contribution in [-0.4, -0.2) is 26.5 Å². The van der Waals surface area contributed by atoms with E-state index in [1.807, 2.05) is 0 Å². The number of thiol groups is 1. The van der Waals surface area contributed by atoms with E-state index in [2.05, 4.69) is 0 Å². The van der Waals surface area contributed by atoms with Crippen molar-refractivity contribution in [2.45, 2.75) is 0 Å². The van der Waals surface area contributed by atoms with Crippen molar-refractivity contribution in [1.82, 2.24) is 0 Å². The van der Waals surface area contributed by atoms with Gasteiger partial charge in [-0.25, -0.2) is 13.2 Å². The van der Waals surface area contributed by atoms with Crippen molar-refractivity contribution in [2.75, 3.05) is 11.4 Å². The molecular formula is C8H8ClNO4S. The van der Waals surface area contributed by atoms with Crippen LogP contribution < -0.4 is 4.31 Å². The predicted molar refractivity (Wildman–Crippen MR) is 57.1 cm³/mol. The third-order valence-corrected chi connectivity index (χ3v) is 2.84. The molecule has 5 nitrogen and oxygen atoms in total. The molecule has 7 heteroatoms. The summed E-state index contributed by atoms with van der Waals surface area (Å²) in [4.78, 5) is 10.6. The van der Waals surface area contributed by atoms with Crippen LogP contribution in [0.3, 0.4) is 0 Å². The molecule has 0 radical (unpaired) electrons. The van der Waals surface area contributed by atoms with Gasteiger partial charge in [-0.2, -0.15) is 0 Å². The van der Waals surface area contributed by atoms with Gasteiger partial charge in [-0.15, -0.1) is 0 Å². The van der Waals surface area contributed by atoms with Crippen LogP contribution in [0.5, 0.6) is 0 Å². The Labute approximate surface area is 93.0 Å². The van der Waals surface area contributed by atoms with E-state index >= 15 is 0 Å². The minimum atomic E-state index is -2.75. The number of anilines is 1. The minimum absolute atomic E-state index is 0.00343. The van der Waals surface area contributed by atoms with Crippen LogP contribution in [0, 0.1) is 0 Å². The van der Waals surface area contributed by atoms with Gasteiger partial charge in [-0.05, 0) is 18.2 Å². The topological polar surface area (TPSA) is 74.7 Å². The Kier molecular flexibility index (Phi) is 3.54. The number of benzene rings is 1. The Morgan fingerprint density at radius 2 is 2.07 bits per heavy atom. The molecule has 0 aliphatic rings. The smallest absolute Gasteiger partial charge is 0.337 e. The lowest BCUT2D eigenvalue weighted by Gasteiger charge is -2.11. The van der Waals surface area contributed by atoms with Crippen LogP contribution in [0.25, 0.3) is 0 Å². The molecule has 0 fully saturated rings. The quantitative estimate of drug-likeness (QED) is 0.784. The molecule has 82 valence electrons. The third kappa shape index (κ3) is 2.60. The SMILES string of the molecule is CN(c1ccc(C(=O)O)c(Cl)c1)[SH](=O)=O. The standard InChI is InChI=1S/C8H8ClNO4S/c1-10(15(13)14)5-2-3-6(8(11)12)7(9)4-5/h2-4,15H,1H3,(H,11,12). The molecule has 0 aromatic heterocycles. The largest absolute Gasteiger partial charge is 0.478 e. The molecule has 15 heavy (non-hydrogen) atoms. The first-order valence-electron chi connectivity index (χ1n) is 3.84. The highest BCUT2D eigenvalue weighted by Crippen LogP contribution is 2.23. The molecule has 1 aromatic rings. The lowest BCUT2D eigenvalue weighted by Crippen LogP contribution is -2.14. The molecule has 0 spiro atoms. The summed E-state index contributed by atoms with van der Waals surface area (Å²) in [6.07, 6.45) is 0. The number of aromatic carboxylic acids is 1. The lowest BCUT2D eigenvalue weighted by atomic mass is 10.2. The molecule has 0 atom stereocenters. The Morgan fingerprint density at radius 3 is 2.47 bits per heavy atom. The van der Waals surface area contributed by atoms with Gasteiger partial charge in [0.25, 0.3) is 0 Å². The van der Waals surface area contributed by atoms with E-state index in [0.717, 1.165) is 4.31 Å². The Balaban J connectivity index is 3.17. The molecule has 0 saturated heterocycles. The lowest BCUT2D eigenvalue weighted by molar-refractivity contribution is 0.0697. The first kappa shape index (κ1) is 11.8. The summed E-state index contributed by atoms with van der Waals surface area (Å²) in [7, 11) is -1.40. The average molecular weight is 250 g/mol. The number of carboxylic acid groups (broad SMARTS) is 1. The summed E-state index contributed by atoms with van der Waals surface area (Å²) >= 11 is 5.67. The predicted octanol–water partition coefficient (Wildman–Crippen LogP) is 1.00. The fourth-order valence-corrected chi connectivity index (χ4v) is 1.54. The molecule has 0 unspecified atom stereocenters. The van der Waals surface area contributed by atoms with E-state index in [4.69, 9.17) is 16.7 Å². The molecule has 1 aromatic carbocycles. The molecule has 0 aliphatic carbocycles. The van der Waals surface area contributed by atoms with Gasteiger partial charge in [-0.3, -0.25) is 4.31 Å². The number of carboxylic acids is 1. The zero-order valence-corrected chi connectivity index (χ0v) is 9.33. The fraction of sp³-hybridized carbons (Fsp3) is 0.125. The van der Waals surface area contributed by atoms with Crippen LogP contribution in [0.4, 0.5) is 5.69 Å². The van der Waals surface area contributed by atoms with Crippen LogP contribution in [0.15, 0.2) is 18.2 Å². The van der Waals surface area contributed by atoms with Crippen molar-refractivity contribution in [3.05, 3.63) is 28.8 Å². The summed E-state index contributed by atoms with van der Waals surface area (Å²) in [5, 5.41) is 8.69. The van der Waals surface area contributed by atoms with E-state index in [-0.39, 0.29) is 10.6 Å². The number of halogens is 1. The van der Waals surface area contributed by atoms with E-state index in [1.165, 1.54) is 25.2 Å². The van der Waals surface area contributed by atoms with Gasteiger partial charge in [0, 0.05) is 7.05 Å². The van der Waals surface area contributed by atoms with Crippen LogP contribution in [0.1, 0.15) is 10.4 Å². The second-order valence-electron chi connectivity index (χ2n) is 2.73.